The normalized spacial score (nSPS) is 11.3. The predicted octanol–water partition coefficient (Wildman–Crippen LogP) is 9.03. The quantitative estimate of drug-likeness (QED) is 0.110. The first-order chi connectivity index (χ1) is 18.7. The predicted molar refractivity (Wildman–Crippen MR) is 156 cm³/mol. The maximum absolute atomic E-state index is 10.6. The summed E-state index contributed by atoms with van der Waals surface area (Å²) in [6.45, 7) is 2.28. The van der Waals surface area contributed by atoms with Gasteiger partial charge in [-0.15, -0.1) is 5.10 Å². The van der Waals surface area contributed by atoms with E-state index >= 15 is 0 Å². The van der Waals surface area contributed by atoms with Crippen LogP contribution in [0.4, 0.5) is 0 Å². The van der Waals surface area contributed by atoms with Crippen molar-refractivity contribution in [2.75, 3.05) is 0 Å². The van der Waals surface area contributed by atoms with Crippen molar-refractivity contribution in [2.45, 2.75) is 126 Å². The van der Waals surface area contributed by atoms with E-state index in [0.29, 0.717) is 10.1 Å². The van der Waals surface area contributed by atoms with Crippen LogP contribution in [-0.2, 0) is 6.42 Å². The summed E-state index contributed by atoms with van der Waals surface area (Å²) in [5.41, 5.74) is 1.63. The van der Waals surface area contributed by atoms with Crippen LogP contribution in [-0.4, -0.2) is 30.4 Å². The molecule has 0 saturated heterocycles. The van der Waals surface area contributed by atoms with Gasteiger partial charge in [0.2, 0.25) is 5.16 Å². The van der Waals surface area contributed by atoms with Gasteiger partial charge in [-0.25, -0.2) is 0 Å². The Labute approximate surface area is 233 Å². The number of aromatic nitrogens is 4. The molecule has 0 aliphatic heterocycles. The number of nitrogens with zero attached hydrogens (tertiary/aromatic N) is 4. The third-order valence-corrected chi connectivity index (χ3v) is 8.09. The number of para-hydroxylation sites is 1. The highest BCUT2D eigenvalue weighted by molar-refractivity contribution is 7.99. The molecule has 38 heavy (non-hydrogen) atoms. The zero-order valence-electron chi connectivity index (χ0n) is 23.2. The number of phenols is 2. The van der Waals surface area contributed by atoms with E-state index in [4.69, 9.17) is 0 Å². The standard InChI is InChI=1S/C31H46N4O2S/c1-2-3-4-5-6-7-8-9-10-11-12-13-14-15-16-18-21-26-24-29(37)30(25-28(26)36)38-31-32-33-34-35(31)27-22-19-17-20-23-27/h17,19-20,22-25,36-37H,2-16,18,21H2,1H3. The molecule has 0 amide bonds. The molecule has 1 aromatic heterocycles. The van der Waals surface area contributed by atoms with Gasteiger partial charge >= 0.3 is 0 Å². The lowest BCUT2D eigenvalue weighted by Crippen LogP contribution is -1.98. The molecule has 0 atom stereocenters. The lowest BCUT2D eigenvalue weighted by Gasteiger charge is -2.10. The van der Waals surface area contributed by atoms with Gasteiger partial charge in [-0.2, -0.15) is 4.68 Å². The number of rotatable bonds is 20. The molecule has 6 nitrogen and oxygen atoms in total. The van der Waals surface area contributed by atoms with Crippen molar-refractivity contribution in [1.29, 1.82) is 0 Å². The number of phenolic OH excluding ortho intramolecular Hbond substituents is 2. The number of hydrogen-bond donors (Lipinski definition) is 2. The Bertz CT molecular complexity index is 1040. The minimum absolute atomic E-state index is 0.141. The summed E-state index contributed by atoms with van der Waals surface area (Å²) in [7, 11) is 0. The fraction of sp³-hybridized carbons (Fsp3) is 0.581. The molecule has 0 aliphatic rings. The number of benzene rings is 2. The van der Waals surface area contributed by atoms with Crippen molar-refractivity contribution in [3.05, 3.63) is 48.0 Å². The molecule has 2 N–H and O–H groups in total. The van der Waals surface area contributed by atoms with Crippen LogP contribution in [0, 0.1) is 0 Å². The maximum atomic E-state index is 10.6. The lowest BCUT2D eigenvalue weighted by atomic mass is 10.0. The Morgan fingerprint density at radius 3 is 1.82 bits per heavy atom. The summed E-state index contributed by atoms with van der Waals surface area (Å²) in [5.74, 6) is 0.354. The third-order valence-electron chi connectivity index (χ3n) is 7.10. The molecule has 0 saturated carbocycles. The van der Waals surface area contributed by atoms with E-state index < -0.39 is 0 Å². The van der Waals surface area contributed by atoms with Crippen LogP contribution in [0.3, 0.4) is 0 Å². The highest BCUT2D eigenvalue weighted by Crippen LogP contribution is 2.38. The largest absolute Gasteiger partial charge is 0.508 e. The van der Waals surface area contributed by atoms with Gasteiger partial charge in [0.15, 0.2) is 0 Å². The zero-order valence-corrected chi connectivity index (χ0v) is 24.0. The highest BCUT2D eigenvalue weighted by Gasteiger charge is 2.15. The molecule has 0 spiro atoms. The maximum Gasteiger partial charge on any atom is 0.219 e. The second kappa shape index (κ2) is 17.9. The number of unbranched alkanes of at least 4 members (excludes halogenated alkanes) is 15. The smallest absolute Gasteiger partial charge is 0.219 e. The van der Waals surface area contributed by atoms with E-state index in [1.54, 1.807) is 16.8 Å². The summed E-state index contributed by atoms with van der Waals surface area (Å²) in [6.07, 6.45) is 22.2. The first kappa shape index (κ1) is 30.0. The summed E-state index contributed by atoms with van der Waals surface area (Å²) >= 11 is 1.23. The van der Waals surface area contributed by atoms with E-state index in [-0.39, 0.29) is 11.5 Å². The summed E-state index contributed by atoms with van der Waals surface area (Å²) in [6, 6.07) is 12.9. The molecule has 2 aromatic carbocycles. The number of tetrazole rings is 1. The Hall–Kier alpha value is -2.54. The van der Waals surface area contributed by atoms with E-state index in [2.05, 4.69) is 22.4 Å². The minimum Gasteiger partial charge on any atom is -0.508 e. The second-order valence-electron chi connectivity index (χ2n) is 10.3. The Morgan fingerprint density at radius 2 is 1.24 bits per heavy atom. The van der Waals surface area contributed by atoms with Gasteiger partial charge in [0.05, 0.1) is 10.6 Å². The van der Waals surface area contributed by atoms with Crippen molar-refractivity contribution in [3.8, 4) is 17.2 Å². The van der Waals surface area contributed by atoms with Gasteiger partial charge < -0.3 is 10.2 Å². The summed E-state index contributed by atoms with van der Waals surface area (Å²) in [4.78, 5) is 0.533. The van der Waals surface area contributed by atoms with E-state index in [0.717, 1.165) is 30.5 Å². The lowest BCUT2D eigenvalue weighted by molar-refractivity contribution is 0.442. The fourth-order valence-electron chi connectivity index (χ4n) is 4.82. The van der Waals surface area contributed by atoms with Crippen LogP contribution in [0.2, 0.25) is 0 Å². The highest BCUT2D eigenvalue weighted by atomic mass is 32.2. The van der Waals surface area contributed by atoms with Crippen molar-refractivity contribution in [3.63, 3.8) is 0 Å². The first-order valence-electron chi connectivity index (χ1n) is 14.8. The van der Waals surface area contributed by atoms with Crippen LogP contribution >= 0.6 is 11.8 Å². The molecule has 0 bridgehead atoms. The van der Waals surface area contributed by atoms with Gasteiger partial charge in [0.1, 0.15) is 11.5 Å². The molecule has 0 aliphatic carbocycles. The Kier molecular flexibility index (Phi) is 14.1. The number of aromatic hydroxyl groups is 2. The molecular weight excluding hydrogens is 492 g/mol. The van der Waals surface area contributed by atoms with Gasteiger partial charge in [0, 0.05) is 0 Å². The average molecular weight is 539 g/mol. The van der Waals surface area contributed by atoms with E-state index in [1.807, 2.05) is 30.3 Å². The van der Waals surface area contributed by atoms with Gasteiger partial charge in [-0.1, -0.05) is 121 Å². The number of hydrogen-bond acceptors (Lipinski definition) is 6. The summed E-state index contributed by atoms with van der Waals surface area (Å²) in [5, 5.41) is 33.6. The molecule has 3 aromatic rings. The molecule has 0 fully saturated rings. The van der Waals surface area contributed by atoms with Gasteiger partial charge in [0.25, 0.3) is 0 Å². The molecule has 3 rings (SSSR count). The summed E-state index contributed by atoms with van der Waals surface area (Å²) < 4.78 is 1.62. The van der Waals surface area contributed by atoms with Crippen molar-refractivity contribution in [1.82, 2.24) is 20.2 Å². The first-order valence-corrected chi connectivity index (χ1v) is 15.6. The fourth-order valence-corrected chi connectivity index (χ4v) is 5.66. The van der Waals surface area contributed by atoms with Crippen molar-refractivity contribution >= 4 is 11.8 Å². The van der Waals surface area contributed by atoms with Gasteiger partial charge in [-0.05, 0) is 64.9 Å². The van der Waals surface area contributed by atoms with Crippen LogP contribution in [0.1, 0.15) is 115 Å². The SMILES string of the molecule is CCCCCCCCCCCCCCCCCCc1cc(O)c(Sc2nnnn2-c2ccccc2)cc1O. The van der Waals surface area contributed by atoms with E-state index in [9.17, 15) is 10.2 Å². The minimum atomic E-state index is 0.141. The molecule has 0 unspecified atom stereocenters. The van der Waals surface area contributed by atoms with Crippen molar-refractivity contribution in [2.24, 2.45) is 0 Å². The average Bonchev–Trinajstić information content (AvgIpc) is 3.39. The van der Waals surface area contributed by atoms with Crippen LogP contribution in [0.15, 0.2) is 52.5 Å². The topological polar surface area (TPSA) is 84.1 Å². The Balaban J connectivity index is 1.27. The second-order valence-corrected chi connectivity index (χ2v) is 11.3. The molecular formula is C31H46N4O2S. The van der Waals surface area contributed by atoms with Crippen LogP contribution in [0.25, 0.3) is 5.69 Å². The molecule has 0 radical (unpaired) electrons. The van der Waals surface area contributed by atoms with Gasteiger partial charge in [-0.3, -0.25) is 0 Å². The number of aryl methyl sites for hydroxylation is 1. The molecule has 7 heteroatoms. The monoisotopic (exact) mass is 538 g/mol. The molecule has 208 valence electrons. The van der Waals surface area contributed by atoms with E-state index in [1.165, 1.54) is 102 Å². The van der Waals surface area contributed by atoms with Crippen LogP contribution < -0.4 is 0 Å². The van der Waals surface area contributed by atoms with Crippen LogP contribution in [0.5, 0.6) is 11.5 Å². The molecule has 1 heterocycles. The Morgan fingerprint density at radius 1 is 0.684 bits per heavy atom. The third kappa shape index (κ3) is 10.7. The zero-order chi connectivity index (χ0) is 26.8. The van der Waals surface area contributed by atoms with Crippen molar-refractivity contribution < 1.29 is 10.2 Å².